The number of hydrogen-bond donors (Lipinski definition) is 1. The first-order chi connectivity index (χ1) is 17.8. The Morgan fingerprint density at radius 3 is 2.54 bits per heavy atom. The van der Waals surface area contributed by atoms with E-state index >= 15 is 0 Å². The first-order valence-electron chi connectivity index (χ1n) is 13.6. The second kappa shape index (κ2) is 10.6. The number of carbonyl (C=O) groups is 1. The van der Waals surface area contributed by atoms with E-state index < -0.39 is 6.09 Å². The van der Waals surface area contributed by atoms with E-state index in [4.69, 9.17) is 4.74 Å². The van der Waals surface area contributed by atoms with Crippen molar-refractivity contribution >= 4 is 17.5 Å². The highest BCUT2D eigenvalue weighted by atomic mass is 16.6. The maximum atomic E-state index is 12.6. The van der Waals surface area contributed by atoms with Gasteiger partial charge in [-0.25, -0.2) is 4.79 Å². The molecule has 3 aromatic carbocycles. The van der Waals surface area contributed by atoms with Crippen LogP contribution in [0.4, 0.5) is 16.2 Å². The molecule has 2 aliphatic rings. The molecule has 1 saturated heterocycles. The second-order valence-corrected chi connectivity index (χ2v) is 11.1. The molecule has 5 nitrogen and oxygen atoms in total. The summed E-state index contributed by atoms with van der Waals surface area (Å²) < 4.78 is 5.72. The van der Waals surface area contributed by atoms with Crippen molar-refractivity contribution in [1.29, 1.82) is 0 Å². The van der Waals surface area contributed by atoms with Gasteiger partial charge in [0, 0.05) is 36.9 Å². The van der Waals surface area contributed by atoms with Gasteiger partial charge in [0.05, 0.1) is 6.17 Å². The zero-order chi connectivity index (χ0) is 26.0. The molecule has 5 rings (SSSR count). The van der Waals surface area contributed by atoms with Crippen LogP contribution in [0, 0.1) is 0 Å². The normalized spacial score (nSPS) is 20.7. The molecule has 0 bridgehead atoms. The van der Waals surface area contributed by atoms with Crippen molar-refractivity contribution in [2.24, 2.45) is 0 Å². The Kier molecular flexibility index (Phi) is 7.25. The van der Waals surface area contributed by atoms with E-state index in [1.165, 1.54) is 35.2 Å². The topological polar surface area (TPSA) is 44.8 Å². The predicted octanol–water partition coefficient (Wildman–Crippen LogP) is 7.18. The minimum absolute atomic E-state index is 0.0199. The molecule has 1 fully saturated rings. The van der Waals surface area contributed by atoms with Gasteiger partial charge in [-0.3, -0.25) is 10.2 Å². The van der Waals surface area contributed by atoms with E-state index in [0.29, 0.717) is 17.8 Å². The molecule has 0 aliphatic carbocycles. The summed E-state index contributed by atoms with van der Waals surface area (Å²) in [5.74, 6) is 1.04. The number of unbranched alkanes of at least 4 members (excludes halogenated alkanes) is 1. The molecule has 0 spiro atoms. The molecule has 0 unspecified atom stereocenters. The van der Waals surface area contributed by atoms with Crippen molar-refractivity contribution < 1.29 is 9.53 Å². The smallest absolute Gasteiger partial charge is 0.410 e. The Morgan fingerprint density at radius 2 is 1.81 bits per heavy atom. The Balaban J connectivity index is 1.21. The Morgan fingerprint density at radius 1 is 1.05 bits per heavy atom. The zero-order valence-corrected chi connectivity index (χ0v) is 22.5. The van der Waals surface area contributed by atoms with Gasteiger partial charge in [0.25, 0.3) is 0 Å². The average Bonchev–Trinajstić information content (AvgIpc) is 3.34. The fourth-order valence-corrected chi connectivity index (χ4v) is 6.18. The second-order valence-electron chi connectivity index (χ2n) is 11.1. The molecular weight excluding hydrogens is 458 g/mol. The molecule has 0 radical (unpaired) electrons. The van der Waals surface area contributed by atoms with Crippen LogP contribution in [0.5, 0.6) is 5.75 Å². The third kappa shape index (κ3) is 5.24. The lowest BCUT2D eigenvalue weighted by Crippen LogP contribution is -2.47. The van der Waals surface area contributed by atoms with Crippen LogP contribution in [0.3, 0.4) is 0 Å². The van der Waals surface area contributed by atoms with Gasteiger partial charge in [0.1, 0.15) is 5.75 Å². The van der Waals surface area contributed by atoms with Crippen molar-refractivity contribution in [1.82, 2.24) is 4.90 Å². The lowest BCUT2D eigenvalue weighted by Gasteiger charge is -2.34. The van der Waals surface area contributed by atoms with Crippen LogP contribution in [-0.2, 0) is 11.8 Å². The first-order valence-corrected chi connectivity index (χ1v) is 13.6. The average molecular weight is 498 g/mol. The summed E-state index contributed by atoms with van der Waals surface area (Å²) in [4.78, 5) is 17.7. The van der Waals surface area contributed by atoms with E-state index in [2.05, 4.69) is 85.4 Å². The molecule has 194 valence electrons. The quantitative estimate of drug-likeness (QED) is 0.335. The number of nitrogens with one attached hydrogen (secondary N) is 1. The van der Waals surface area contributed by atoms with E-state index in [-0.39, 0.29) is 5.41 Å². The fourth-order valence-electron chi connectivity index (χ4n) is 6.18. The monoisotopic (exact) mass is 497 g/mol. The zero-order valence-electron chi connectivity index (χ0n) is 22.5. The van der Waals surface area contributed by atoms with Crippen LogP contribution >= 0.6 is 0 Å². The highest BCUT2D eigenvalue weighted by molar-refractivity contribution is 5.86. The van der Waals surface area contributed by atoms with Crippen LogP contribution < -0.4 is 15.0 Å². The third-order valence-corrected chi connectivity index (χ3v) is 8.20. The number of ether oxygens (including phenoxy) is 1. The number of hydrogen-bond acceptors (Lipinski definition) is 4. The molecule has 2 aliphatic heterocycles. The number of benzene rings is 3. The van der Waals surface area contributed by atoms with Gasteiger partial charge in [-0.05, 0) is 78.6 Å². The Hall–Kier alpha value is -3.31. The lowest BCUT2D eigenvalue weighted by molar-refractivity contribution is 0.214. The number of nitrogens with zero attached hydrogens (tertiary/aromatic N) is 2. The number of rotatable bonds is 8. The maximum Gasteiger partial charge on any atom is 0.417 e. The van der Waals surface area contributed by atoms with Crippen LogP contribution in [0.1, 0.15) is 62.6 Å². The summed E-state index contributed by atoms with van der Waals surface area (Å²) in [5.41, 5.74) is 5.93. The van der Waals surface area contributed by atoms with Crippen LogP contribution in [0.25, 0.3) is 0 Å². The molecule has 2 heterocycles. The van der Waals surface area contributed by atoms with Gasteiger partial charge in [-0.1, -0.05) is 63.2 Å². The molecule has 1 amide bonds. The van der Waals surface area contributed by atoms with Crippen molar-refractivity contribution in [3.05, 3.63) is 89.5 Å². The Bertz CT molecular complexity index is 1220. The largest absolute Gasteiger partial charge is 0.417 e. The molecule has 37 heavy (non-hydrogen) atoms. The summed E-state index contributed by atoms with van der Waals surface area (Å²) in [6, 6.07) is 24.8. The molecule has 3 aromatic rings. The molecule has 5 heteroatoms. The van der Waals surface area contributed by atoms with Crippen molar-refractivity contribution in [3.8, 4) is 5.75 Å². The van der Waals surface area contributed by atoms with Gasteiger partial charge in [0.2, 0.25) is 0 Å². The van der Waals surface area contributed by atoms with E-state index in [0.717, 1.165) is 31.6 Å². The number of carbonyl (C=O) groups excluding carboxylic acids is 1. The highest BCUT2D eigenvalue weighted by Gasteiger charge is 2.53. The van der Waals surface area contributed by atoms with Gasteiger partial charge >= 0.3 is 6.09 Å². The fraction of sp³-hybridized carbons (Fsp3) is 0.406. The Labute approximate surface area is 221 Å². The number of fused-ring (bicyclic) bond motifs is 3. The number of aryl methyl sites for hydroxylation is 1. The van der Waals surface area contributed by atoms with Crippen LogP contribution in [0.15, 0.2) is 72.8 Å². The summed E-state index contributed by atoms with van der Waals surface area (Å²) in [7, 11) is 2.20. The van der Waals surface area contributed by atoms with Crippen LogP contribution in [0.2, 0.25) is 0 Å². The van der Waals surface area contributed by atoms with E-state index in [1.54, 1.807) is 0 Å². The summed E-state index contributed by atoms with van der Waals surface area (Å²) in [6.45, 7) is 8.87. The summed E-state index contributed by atoms with van der Waals surface area (Å²) in [5, 5.41) is 2.86. The predicted molar refractivity (Wildman–Crippen MR) is 152 cm³/mol. The number of amides is 1. The standard InChI is InChI=1S/C32H39N3O2/c1-23(2)25-13-15-26(16-14-25)33-31(36)37-27-17-18-29-28(22-27)32(3)19-21-35(30(32)34(29)4)20-9-8-12-24-10-6-5-7-11-24/h5-7,10-11,13-18,22-23,30H,8-9,12,19-21H2,1-4H3,(H,33,36)/t30-,32-/m0/s1. The van der Waals surface area contributed by atoms with E-state index in [9.17, 15) is 4.79 Å². The first kappa shape index (κ1) is 25.3. The summed E-state index contributed by atoms with van der Waals surface area (Å²) in [6.07, 6.45) is 4.51. The van der Waals surface area contributed by atoms with Gasteiger partial charge in [-0.2, -0.15) is 0 Å². The molecule has 1 N–H and O–H groups in total. The third-order valence-electron chi connectivity index (χ3n) is 8.20. The van der Waals surface area contributed by atoms with Gasteiger partial charge in [0.15, 0.2) is 0 Å². The number of likely N-dealkylation sites (N-methyl/N-ethyl adjacent to an activating group) is 1. The molecule has 2 atom stereocenters. The number of anilines is 2. The van der Waals surface area contributed by atoms with Crippen molar-refractivity contribution in [2.45, 2.75) is 64.0 Å². The van der Waals surface area contributed by atoms with Crippen molar-refractivity contribution in [2.75, 3.05) is 30.4 Å². The van der Waals surface area contributed by atoms with Crippen LogP contribution in [-0.4, -0.2) is 37.3 Å². The molecule has 0 saturated carbocycles. The molecule has 0 aromatic heterocycles. The minimum atomic E-state index is -0.461. The SMILES string of the molecule is CC(C)c1ccc(NC(=O)Oc2ccc3c(c2)[C@]2(C)CCN(CCCCc4ccccc4)[C@@H]2N3C)cc1. The lowest BCUT2D eigenvalue weighted by atomic mass is 9.81. The molecular formula is C32H39N3O2. The van der Waals surface area contributed by atoms with Gasteiger partial charge in [-0.15, -0.1) is 0 Å². The van der Waals surface area contributed by atoms with Gasteiger partial charge < -0.3 is 9.64 Å². The maximum absolute atomic E-state index is 12.6. The number of likely N-dealkylation sites (tertiary alicyclic amines) is 1. The van der Waals surface area contributed by atoms with Crippen molar-refractivity contribution in [3.63, 3.8) is 0 Å². The summed E-state index contributed by atoms with van der Waals surface area (Å²) >= 11 is 0. The highest BCUT2D eigenvalue weighted by Crippen LogP contribution is 2.52. The van der Waals surface area contributed by atoms with E-state index in [1.807, 2.05) is 30.3 Å². The minimum Gasteiger partial charge on any atom is -0.410 e.